The van der Waals surface area contributed by atoms with Gasteiger partial charge >= 0.3 is 0 Å². The van der Waals surface area contributed by atoms with E-state index in [9.17, 15) is 4.39 Å². The molecule has 2 rings (SSSR count). The van der Waals surface area contributed by atoms with E-state index in [0.717, 1.165) is 19.0 Å². The quantitative estimate of drug-likeness (QED) is 0.717. The van der Waals surface area contributed by atoms with Gasteiger partial charge in [0.15, 0.2) is 0 Å². The average molecular weight is 275 g/mol. The molecule has 1 fully saturated rings. The number of benzene rings is 1. The molecule has 1 aliphatic rings. The molecule has 1 aromatic carbocycles. The molecule has 1 aromatic rings. The molecule has 1 nitrogen and oxygen atoms in total. The lowest BCUT2D eigenvalue weighted by Gasteiger charge is -2.38. The molecule has 3 unspecified atom stereocenters. The SMILES string of the molecule is C=CCN(C)CC1CCCC(c2ccc(F)cc2)C1C. The van der Waals surface area contributed by atoms with Gasteiger partial charge in [-0.15, -0.1) is 6.58 Å². The van der Waals surface area contributed by atoms with E-state index in [1.54, 1.807) is 12.1 Å². The Hall–Kier alpha value is -1.15. The van der Waals surface area contributed by atoms with Gasteiger partial charge < -0.3 is 4.90 Å². The second-order valence-corrected chi connectivity index (χ2v) is 6.22. The third kappa shape index (κ3) is 3.69. The van der Waals surface area contributed by atoms with Crippen molar-refractivity contribution in [3.63, 3.8) is 0 Å². The average Bonchev–Trinajstić information content (AvgIpc) is 2.43. The van der Waals surface area contributed by atoms with Gasteiger partial charge in [-0.05, 0) is 55.3 Å². The van der Waals surface area contributed by atoms with Gasteiger partial charge in [0.2, 0.25) is 0 Å². The van der Waals surface area contributed by atoms with E-state index in [2.05, 4.69) is 25.5 Å². The maximum absolute atomic E-state index is 13.1. The van der Waals surface area contributed by atoms with Crippen LogP contribution in [0.1, 0.15) is 37.7 Å². The zero-order chi connectivity index (χ0) is 14.5. The predicted octanol–water partition coefficient (Wildman–Crippen LogP) is 4.46. The van der Waals surface area contributed by atoms with Crippen molar-refractivity contribution in [2.24, 2.45) is 11.8 Å². The lowest BCUT2D eigenvalue weighted by Crippen LogP contribution is -2.34. The van der Waals surface area contributed by atoms with E-state index < -0.39 is 0 Å². The topological polar surface area (TPSA) is 3.24 Å². The van der Waals surface area contributed by atoms with E-state index >= 15 is 0 Å². The lowest BCUT2D eigenvalue weighted by molar-refractivity contribution is 0.168. The van der Waals surface area contributed by atoms with Crippen molar-refractivity contribution in [3.05, 3.63) is 48.3 Å². The summed E-state index contributed by atoms with van der Waals surface area (Å²) >= 11 is 0. The van der Waals surface area contributed by atoms with Crippen molar-refractivity contribution in [2.75, 3.05) is 20.1 Å². The van der Waals surface area contributed by atoms with Gasteiger partial charge in [0.05, 0.1) is 0 Å². The molecule has 0 N–H and O–H groups in total. The molecule has 0 amide bonds. The summed E-state index contributed by atoms with van der Waals surface area (Å²) < 4.78 is 13.1. The zero-order valence-electron chi connectivity index (χ0n) is 12.7. The van der Waals surface area contributed by atoms with Crippen LogP contribution in [0, 0.1) is 17.7 Å². The van der Waals surface area contributed by atoms with Crippen LogP contribution >= 0.6 is 0 Å². The van der Waals surface area contributed by atoms with Gasteiger partial charge in [0.1, 0.15) is 5.82 Å². The molecular formula is C18H26FN. The van der Waals surface area contributed by atoms with Crippen LogP contribution in [-0.4, -0.2) is 25.0 Å². The highest BCUT2D eigenvalue weighted by molar-refractivity contribution is 5.22. The minimum Gasteiger partial charge on any atom is -0.302 e. The molecule has 2 heteroatoms. The van der Waals surface area contributed by atoms with Crippen LogP contribution in [0.5, 0.6) is 0 Å². The second kappa shape index (κ2) is 7.03. The van der Waals surface area contributed by atoms with Crippen LogP contribution in [0.3, 0.4) is 0 Å². The van der Waals surface area contributed by atoms with Crippen LogP contribution in [0.4, 0.5) is 4.39 Å². The fourth-order valence-corrected chi connectivity index (χ4v) is 3.59. The van der Waals surface area contributed by atoms with E-state index in [1.165, 1.54) is 24.8 Å². The molecule has 110 valence electrons. The van der Waals surface area contributed by atoms with Gasteiger partial charge in [-0.25, -0.2) is 4.39 Å². The lowest BCUT2D eigenvalue weighted by atomic mass is 9.70. The molecule has 0 spiro atoms. The fourth-order valence-electron chi connectivity index (χ4n) is 3.59. The fraction of sp³-hybridized carbons (Fsp3) is 0.556. The highest BCUT2D eigenvalue weighted by Crippen LogP contribution is 2.41. The van der Waals surface area contributed by atoms with Gasteiger partial charge in [0.25, 0.3) is 0 Å². The normalized spacial score (nSPS) is 26.7. The molecule has 0 saturated heterocycles. The number of hydrogen-bond donors (Lipinski definition) is 0. The second-order valence-electron chi connectivity index (χ2n) is 6.22. The Kier molecular flexibility index (Phi) is 5.36. The molecule has 0 aliphatic heterocycles. The van der Waals surface area contributed by atoms with Crippen molar-refractivity contribution in [2.45, 2.75) is 32.1 Å². The van der Waals surface area contributed by atoms with Crippen LogP contribution in [-0.2, 0) is 0 Å². The molecule has 0 radical (unpaired) electrons. The Morgan fingerprint density at radius 2 is 2.00 bits per heavy atom. The first-order chi connectivity index (χ1) is 9.61. The highest BCUT2D eigenvalue weighted by Gasteiger charge is 2.31. The Bertz CT molecular complexity index is 426. The van der Waals surface area contributed by atoms with Gasteiger partial charge in [-0.2, -0.15) is 0 Å². The minimum absolute atomic E-state index is 0.139. The van der Waals surface area contributed by atoms with Crippen LogP contribution < -0.4 is 0 Å². The van der Waals surface area contributed by atoms with E-state index in [0.29, 0.717) is 11.8 Å². The zero-order valence-corrected chi connectivity index (χ0v) is 12.7. The largest absolute Gasteiger partial charge is 0.302 e. The molecule has 1 aliphatic carbocycles. The molecule has 0 heterocycles. The Morgan fingerprint density at radius 1 is 1.30 bits per heavy atom. The summed E-state index contributed by atoms with van der Waals surface area (Å²) in [5, 5.41) is 0. The van der Waals surface area contributed by atoms with Crippen LogP contribution in [0.2, 0.25) is 0 Å². The summed E-state index contributed by atoms with van der Waals surface area (Å²) in [6.07, 6.45) is 5.78. The van der Waals surface area contributed by atoms with Crippen molar-refractivity contribution < 1.29 is 4.39 Å². The summed E-state index contributed by atoms with van der Waals surface area (Å²) in [6, 6.07) is 7.11. The van der Waals surface area contributed by atoms with Gasteiger partial charge in [0, 0.05) is 13.1 Å². The number of hydrogen-bond acceptors (Lipinski definition) is 1. The number of likely N-dealkylation sites (N-methyl/N-ethyl adjacent to an activating group) is 1. The first-order valence-electron chi connectivity index (χ1n) is 7.66. The third-order valence-corrected chi connectivity index (χ3v) is 4.75. The van der Waals surface area contributed by atoms with Gasteiger partial charge in [-0.3, -0.25) is 0 Å². The standard InChI is InChI=1S/C18H26FN/c1-4-12-20(3)13-16-6-5-7-18(14(16)2)15-8-10-17(19)11-9-15/h4,8-11,14,16,18H,1,5-7,12-13H2,2-3H3. The van der Waals surface area contributed by atoms with Crippen LogP contribution in [0.25, 0.3) is 0 Å². The maximum Gasteiger partial charge on any atom is 0.123 e. The van der Waals surface area contributed by atoms with Crippen molar-refractivity contribution in [1.82, 2.24) is 4.90 Å². The number of rotatable bonds is 5. The Balaban J connectivity index is 2.04. The van der Waals surface area contributed by atoms with Crippen molar-refractivity contribution in [3.8, 4) is 0 Å². The molecule has 0 bridgehead atoms. The number of halogens is 1. The number of nitrogens with zero attached hydrogens (tertiary/aromatic N) is 1. The molecule has 3 atom stereocenters. The smallest absolute Gasteiger partial charge is 0.123 e. The summed E-state index contributed by atoms with van der Waals surface area (Å²) in [4.78, 5) is 2.35. The predicted molar refractivity (Wildman–Crippen MR) is 83.3 cm³/mol. The summed E-state index contributed by atoms with van der Waals surface area (Å²) in [7, 11) is 2.16. The summed E-state index contributed by atoms with van der Waals surface area (Å²) in [6.45, 7) is 8.25. The van der Waals surface area contributed by atoms with Crippen molar-refractivity contribution in [1.29, 1.82) is 0 Å². The van der Waals surface area contributed by atoms with E-state index in [4.69, 9.17) is 0 Å². The molecule has 0 aromatic heterocycles. The van der Waals surface area contributed by atoms with Crippen molar-refractivity contribution >= 4 is 0 Å². The third-order valence-electron chi connectivity index (χ3n) is 4.75. The molecule has 1 saturated carbocycles. The van der Waals surface area contributed by atoms with E-state index in [1.807, 2.05) is 18.2 Å². The van der Waals surface area contributed by atoms with Gasteiger partial charge in [-0.1, -0.05) is 31.6 Å². The highest BCUT2D eigenvalue weighted by atomic mass is 19.1. The monoisotopic (exact) mass is 275 g/mol. The molecular weight excluding hydrogens is 249 g/mol. The first kappa shape index (κ1) is 15.2. The maximum atomic E-state index is 13.1. The molecule has 20 heavy (non-hydrogen) atoms. The first-order valence-corrected chi connectivity index (χ1v) is 7.66. The Labute approximate surface area is 122 Å². The summed E-state index contributed by atoms with van der Waals surface area (Å²) in [5.41, 5.74) is 1.30. The summed E-state index contributed by atoms with van der Waals surface area (Å²) in [5.74, 6) is 1.82. The van der Waals surface area contributed by atoms with Crippen LogP contribution in [0.15, 0.2) is 36.9 Å². The minimum atomic E-state index is -0.139. The Morgan fingerprint density at radius 3 is 2.65 bits per heavy atom. The van der Waals surface area contributed by atoms with E-state index in [-0.39, 0.29) is 5.82 Å².